The number of hydrogen-bond acceptors (Lipinski definition) is 1. The molecular weight excluding hydrogens is 280 g/mol. The van der Waals surface area contributed by atoms with Gasteiger partial charge >= 0.3 is 0 Å². The lowest BCUT2D eigenvalue weighted by molar-refractivity contribution is 0.958. The summed E-state index contributed by atoms with van der Waals surface area (Å²) >= 11 is 4.95. The van der Waals surface area contributed by atoms with E-state index in [0.717, 1.165) is 10.5 Å². The Morgan fingerprint density at radius 3 is 2.00 bits per heavy atom. The van der Waals surface area contributed by atoms with E-state index in [2.05, 4.69) is 48.5 Å². The van der Waals surface area contributed by atoms with Gasteiger partial charge in [-0.2, -0.15) is 0 Å². The molecule has 1 spiro atoms. The van der Waals surface area contributed by atoms with E-state index >= 15 is 0 Å². The van der Waals surface area contributed by atoms with Crippen molar-refractivity contribution in [3.8, 4) is 0 Å². The van der Waals surface area contributed by atoms with Crippen LogP contribution in [-0.2, 0) is 0 Å². The molecule has 4 unspecified atom stereocenters. The van der Waals surface area contributed by atoms with E-state index in [1.54, 1.807) is 11.3 Å². The first-order valence-corrected chi connectivity index (χ1v) is 9.68. The van der Waals surface area contributed by atoms with Gasteiger partial charge in [0.15, 0.2) is 0 Å². The predicted octanol–water partition coefficient (Wildman–Crippen LogP) is 4.91. The molecule has 2 heteroatoms. The van der Waals surface area contributed by atoms with E-state index in [0.29, 0.717) is 0 Å². The van der Waals surface area contributed by atoms with Gasteiger partial charge in [0.25, 0.3) is 0 Å². The molecule has 6 rings (SSSR count). The second kappa shape index (κ2) is 3.05. The minimum atomic E-state index is -0.109. The van der Waals surface area contributed by atoms with E-state index in [1.807, 2.05) is 0 Å². The van der Waals surface area contributed by atoms with E-state index in [9.17, 15) is 0 Å². The van der Waals surface area contributed by atoms with Gasteiger partial charge in [0, 0.05) is 20.6 Å². The maximum absolute atomic E-state index is 4.95. The molecule has 3 aromatic carbocycles. The molecule has 3 fully saturated rings. The van der Waals surface area contributed by atoms with Crippen molar-refractivity contribution >= 4 is 44.2 Å². The van der Waals surface area contributed by atoms with Gasteiger partial charge in [-0.15, -0.1) is 12.6 Å². The summed E-state index contributed by atoms with van der Waals surface area (Å²) in [5, 5.41) is 8.73. The van der Waals surface area contributed by atoms with Crippen LogP contribution in [0.2, 0.25) is 0 Å². The Hall–Kier alpha value is -1.12. The van der Waals surface area contributed by atoms with Gasteiger partial charge < -0.3 is 0 Å². The van der Waals surface area contributed by atoms with Crippen LogP contribution in [0.3, 0.4) is 0 Å². The lowest BCUT2D eigenvalue weighted by atomic mass is 9.94. The molecule has 3 aliphatic rings. The van der Waals surface area contributed by atoms with Crippen molar-refractivity contribution in [2.45, 2.75) is 20.6 Å². The molecule has 0 nitrogen and oxygen atoms in total. The first kappa shape index (κ1) is 10.6. The fourth-order valence-electron chi connectivity index (χ4n) is 4.38. The Kier molecular flexibility index (Phi) is 1.61. The minimum Gasteiger partial charge on any atom is -0.222 e. The van der Waals surface area contributed by atoms with Crippen LogP contribution in [0.5, 0.6) is 0 Å². The van der Waals surface area contributed by atoms with Gasteiger partial charge in [0.2, 0.25) is 0 Å². The maximum atomic E-state index is 4.95. The first-order valence-electron chi connectivity index (χ1n) is 7.24. The largest absolute Gasteiger partial charge is 0.222 e. The SMILES string of the molecule is Sc1c(C2C3C4CS423)c2ccccc2c2ccccc12. The number of benzene rings is 3. The normalized spacial score (nSPS) is 39.0. The Balaban J connectivity index is 1.79. The van der Waals surface area contributed by atoms with E-state index in [-0.39, 0.29) is 10.0 Å². The summed E-state index contributed by atoms with van der Waals surface area (Å²) < 4.78 is 0. The first-order chi connectivity index (χ1) is 9.84. The number of fused-ring (bicyclic) bond motifs is 4. The molecular formula is C18H14S2. The third-order valence-electron chi connectivity index (χ3n) is 5.62. The van der Waals surface area contributed by atoms with Crippen LogP contribution in [0.1, 0.15) is 10.8 Å². The standard InChI is InChI=1S/C18H14S2/c19-16-13-8-4-2-6-11(13)10-5-1-3-7-12(10)15(16)18-17-14-9-20(14,17)18/h1-8,14,17-19H,9H2. The van der Waals surface area contributed by atoms with Crippen molar-refractivity contribution in [3.63, 3.8) is 0 Å². The number of rotatable bonds is 1. The smallest absolute Gasteiger partial charge is 0.0279 e. The van der Waals surface area contributed by atoms with Crippen LogP contribution in [0.15, 0.2) is 53.4 Å². The highest BCUT2D eigenvalue weighted by Crippen LogP contribution is 3.14. The third-order valence-corrected chi connectivity index (χ3v) is 10.7. The van der Waals surface area contributed by atoms with Crippen LogP contribution >= 0.6 is 22.7 Å². The summed E-state index contributed by atoms with van der Waals surface area (Å²) in [7, 11) is -0.109. The van der Waals surface area contributed by atoms with E-state index in [1.165, 1.54) is 31.7 Å². The van der Waals surface area contributed by atoms with Crippen molar-refractivity contribution < 1.29 is 0 Å². The average molecular weight is 294 g/mol. The van der Waals surface area contributed by atoms with Crippen molar-refractivity contribution in [3.05, 3.63) is 54.1 Å². The number of thiol groups is 1. The summed E-state index contributed by atoms with van der Waals surface area (Å²) in [5.74, 6) is 1.57. The van der Waals surface area contributed by atoms with Crippen LogP contribution in [0.4, 0.5) is 0 Å². The fourth-order valence-corrected chi connectivity index (χ4v) is 10.1. The van der Waals surface area contributed by atoms with Crippen molar-refractivity contribution in [2.75, 3.05) is 5.75 Å². The Morgan fingerprint density at radius 2 is 1.40 bits per heavy atom. The second-order valence-electron chi connectivity index (χ2n) is 6.35. The molecule has 3 aliphatic heterocycles. The minimum absolute atomic E-state index is 0.109. The Morgan fingerprint density at radius 1 is 0.850 bits per heavy atom. The lowest BCUT2D eigenvalue weighted by Crippen LogP contribution is -1.97. The van der Waals surface area contributed by atoms with Crippen LogP contribution in [0.25, 0.3) is 21.5 Å². The molecule has 3 heterocycles. The van der Waals surface area contributed by atoms with Crippen molar-refractivity contribution in [1.29, 1.82) is 0 Å². The topological polar surface area (TPSA) is 0 Å². The van der Waals surface area contributed by atoms with Gasteiger partial charge in [0.1, 0.15) is 0 Å². The highest BCUT2D eigenvalue weighted by Gasteiger charge is 2.94. The predicted molar refractivity (Wildman–Crippen MR) is 91.5 cm³/mol. The van der Waals surface area contributed by atoms with Crippen LogP contribution < -0.4 is 0 Å². The quantitative estimate of drug-likeness (QED) is 0.368. The van der Waals surface area contributed by atoms with E-state index < -0.39 is 0 Å². The van der Waals surface area contributed by atoms with Gasteiger partial charge in [-0.05, 0) is 32.9 Å². The van der Waals surface area contributed by atoms with Crippen molar-refractivity contribution in [2.24, 2.45) is 0 Å². The fraction of sp³-hybridized carbons (Fsp3) is 0.222. The van der Waals surface area contributed by atoms with Crippen LogP contribution in [0, 0.1) is 0 Å². The molecule has 0 aromatic heterocycles. The van der Waals surface area contributed by atoms with Gasteiger partial charge in [-0.25, -0.2) is 10.0 Å². The zero-order valence-electron chi connectivity index (χ0n) is 10.9. The Bertz CT molecular complexity index is 929. The highest BCUT2D eigenvalue weighted by molar-refractivity contribution is 8.53. The summed E-state index contributed by atoms with van der Waals surface area (Å²) in [6.07, 6.45) is 0. The summed E-state index contributed by atoms with van der Waals surface area (Å²) in [4.78, 5) is 1.25. The molecule has 0 bridgehead atoms. The molecule has 0 amide bonds. The third kappa shape index (κ3) is 0.981. The molecule has 4 atom stereocenters. The molecule has 0 saturated carbocycles. The second-order valence-corrected chi connectivity index (χ2v) is 10.6. The van der Waals surface area contributed by atoms with Gasteiger partial charge in [-0.3, -0.25) is 0 Å². The highest BCUT2D eigenvalue weighted by atomic mass is 32.3. The summed E-state index contributed by atoms with van der Waals surface area (Å²) in [6.45, 7) is 0. The molecule has 20 heavy (non-hydrogen) atoms. The monoisotopic (exact) mass is 294 g/mol. The lowest BCUT2D eigenvalue weighted by Gasteiger charge is -2.15. The maximum Gasteiger partial charge on any atom is 0.0279 e. The molecule has 0 aliphatic carbocycles. The number of hydrogen-bond donors (Lipinski definition) is 1. The van der Waals surface area contributed by atoms with Gasteiger partial charge in [0.05, 0.1) is 0 Å². The van der Waals surface area contributed by atoms with Gasteiger partial charge in [-0.1, -0.05) is 48.5 Å². The summed E-state index contributed by atoms with van der Waals surface area (Å²) in [5.41, 5.74) is 1.58. The average Bonchev–Trinajstić information content (AvgIpc) is 3.40. The molecule has 0 radical (unpaired) electrons. The molecule has 98 valence electrons. The zero-order valence-corrected chi connectivity index (χ0v) is 12.6. The zero-order chi connectivity index (χ0) is 13.1. The van der Waals surface area contributed by atoms with Crippen molar-refractivity contribution in [1.82, 2.24) is 0 Å². The van der Waals surface area contributed by atoms with Crippen LogP contribution in [-0.4, -0.2) is 16.3 Å². The Labute approximate surface area is 124 Å². The molecule has 3 saturated heterocycles. The summed E-state index contributed by atoms with van der Waals surface area (Å²) in [6, 6.07) is 17.7. The molecule has 3 aromatic rings. The molecule has 0 N–H and O–H groups in total. The van der Waals surface area contributed by atoms with E-state index in [4.69, 9.17) is 12.6 Å².